The lowest BCUT2D eigenvalue weighted by Gasteiger charge is -2.43. The number of carbonyl (C=O) groups excluding carboxylic acids is 2. The van der Waals surface area contributed by atoms with Crippen molar-refractivity contribution in [3.8, 4) is 0 Å². The molecule has 0 radical (unpaired) electrons. The van der Waals surface area contributed by atoms with Crippen molar-refractivity contribution < 1.29 is 9.59 Å². The van der Waals surface area contributed by atoms with Crippen LogP contribution in [0.3, 0.4) is 0 Å². The van der Waals surface area contributed by atoms with Crippen LogP contribution >= 0.6 is 0 Å². The van der Waals surface area contributed by atoms with Gasteiger partial charge in [0.05, 0.1) is 0 Å². The summed E-state index contributed by atoms with van der Waals surface area (Å²) in [6, 6.07) is 8.88. The van der Waals surface area contributed by atoms with Crippen LogP contribution in [0.5, 0.6) is 0 Å². The number of likely N-dealkylation sites (N-methyl/N-ethyl adjacent to an activating group) is 1. The summed E-state index contributed by atoms with van der Waals surface area (Å²) in [6.45, 7) is 3.46. The summed E-state index contributed by atoms with van der Waals surface area (Å²) < 4.78 is 0. The minimum atomic E-state index is -0.926. The molecule has 2 unspecified atom stereocenters. The Bertz CT molecular complexity index is 458. The zero-order chi connectivity index (χ0) is 12.6. The topological polar surface area (TPSA) is 49.4 Å². The fraction of sp³-hybridized carbons (Fsp3) is 0.385. The lowest BCUT2D eigenvalue weighted by Crippen LogP contribution is -2.65. The van der Waals surface area contributed by atoms with Crippen LogP contribution in [0.15, 0.2) is 30.3 Å². The lowest BCUT2D eigenvalue weighted by molar-refractivity contribution is -0.154. The zero-order valence-corrected chi connectivity index (χ0v) is 10.2. The molecule has 1 aliphatic rings. The van der Waals surface area contributed by atoms with Crippen LogP contribution in [0.2, 0.25) is 0 Å². The average molecular weight is 232 g/mol. The minimum absolute atomic E-state index is 0.0732. The summed E-state index contributed by atoms with van der Waals surface area (Å²) in [7, 11) is 1.67. The molecule has 0 saturated carbocycles. The van der Waals surface area contributed by atoms with Crippen molar-refractivity contribution in [3.05, 3.63) is 35.9 Å². The molecule has 4 nitrogen and oxygen atoms in total. The van der Waals surface area contributed by atoms with E-state index in [9.17, 15) is 9.59 Å². The van der Waals surface area contributed by atoms with Crippen LogP contribution in [-0.2, 0) is 15.1 Å². The van der Waals surface area contributed by atoms with Crippen molar-refractivity contribution >= 4 is 11.8 Å². The maximum Gasteiger partial charge on any atom is 0.250 e. The van der Waals surface area contributed by atoms with Crippen LogP contribution in [0.4, 0.5) is 0 Å². The molecule has 1 heterocycles. The van der Waals surface area contributed by atoms with E-state index < -0.39 is 11.6 Å². The van der Waals surface area contributed by atoms with Gasteiger partial charge in [0.25, 0.3) is 5.91 Å². The van der Waals surface area contributed by atoms with E-state index in [1.807, 2.05) is 30.3 Å². The van der Waals surface area contributed by atoms with E-state index in [1.165, 1.54) is 4.90 Å². The second-order valence-electron chi connectivity index (χ2n) is 4.53. The Morgan fingerprint density at radius 1 is 1.24 bits per heavy atom. The summed E-state index contributed by atoms with van der Waals surface area (Å²) in [5, 5.41) is 2.72. The van der Waals surface area contributed by atoms with Gasteiger partial charge in [-0.05, 0) is 19.4 Å². The number of amides is 2. The fourth-order valence-corrected chi connectivity index (χ4v) is 2.15. The van der Waals surface area contributed by atoms with Crippen molar-refractivity contribution in [1.29, 1.82) is 0 Å². The van der Waals surface area contributed by atoms with E-state index in [0.29, 0.717) is 0 Å². The number of nitrogens with one attached hydrogen (secondary N) is 1. The second-order valence-corrected chi connectivity index (χ2v) is 4.53. The van der Waals surface area contributed by atoms with Crippen LogP contribution in [0, 0.1) is 0 Å². The molecule has 0 aliphatic carbocycles. The minimum Gasteiger partial charge on any atom is -0.342 e. The molecule has 0 aromatic heterocycles. The average Bonchev–Trinajstić information content (AvgIpc) is 2.35. The number of benzene rings is 1. The summed E-state index contributed by atoms with van der Waals surface area (Å²) >= 11 is 0. The Balaban J connectivity index is 2.49. The van der Waals surface area contributed by atoms with Gasteiger partial charge in [-0.2, -0.15) is 0 Å². The highest BCUT2D eigenvalue weighted by Gasteiger charge is 2.47. The molecule has 1 N–H and O–H groups in total. The highest BCUT2D eigenvalue weighted by atomic mass is 16.2. The van der Waals surface area contributed by atoms with Crippen molar-refractivity contribution in [2.75, 3.05) is 7.05 Å². The van der Waals surface area contributed by atoms with Crippen molar-refractivity contribution in [1.82, 2.24) is 10.2 Å². The van der Waals surface area contributed by atoms with Gasteiger partial charge in [-0.1, -0.05) is 30.3 Å². The predicted molar refractivity (Wildman–Crippen MR) is 64.2 cm³/mol. The van der Waals surface area contributed by atoms with Gasteiger partial charge in [0.15, 0.2) is 0 Å². The van der Waals surface area contributed by atoms with Gasteiger partial charge in [0.1, 0.15) is 11.6 Å². The number of carbonyl (C=O) groups is 2. The highest BCUT2D eigenvalue weighted by molar-refractivity contribution is 5.99. The van der Waals surface area contributed by atoms with E-state index in [4.69, 9.17) is 0 Å². The van der Waals surface area contributed by atoms with E-state index in [0.717, 1.165) is 5.56 Å². The number of hydrogen-bond donors (Lipinski definition) is 1. The smallest absolute Gasteiger partial charge is 0.250 e. The van der Waals surface area contributed by atoms with Crippen LogP contribution in [0.1, 0.15) is 19.4 Å². The monoisotopic (exact) mass is 232 g/mol. The number of hydrogen-bond acceptors (Lipinski definition) is 2. The maximum absolute atomic E-state index is 12.2. The first-order valence-electron chi connectivity index (χ1n) is 5.62. The van der Waals surface area contributed by atoms with Gasteiger partial charge in [-0.3, -0.25) is 9.59 Å². The first-order chi connectivity index (χ1) is 7.98. The SMILES string of the molecule is CC1NC(=O)C(C)(c2ccccc2)N(C)C1=O. The zero-order valence-electron chi connectivity index (χ0n) is 10.2. The van der Waals surface area contributed by atoms with Gasteiger partial charge in [0.2, 0.25) is 5.91 Å². The summed E-state index contributed by atoms with van der Waals surface area (Å²) in [6.07, 6.45) is 0. The fourth-order valence-electron chi connectivity index (χ4n) is 2.15. The molecule has 1 aromatic carbocycles. The molecule has 2 rings (SSSR count). The third-order valence-electron chi connectivity index (χ3n) is 3.50. The molecular formula is C13H16N2O2. The third-order valence-corrected chi connectivity index (χ3v) is 3.50. The molecule has 1 fully saturated rings. The standard InChI is InChI=1S/C13H16N2O2/c1-9-11(16)15(3)13(2,12(17)14-9)10-7-5-4-6-8-10/h4-9H,1-3H3,(H,14,17). The van der Waals surface area contributed by atoms with Gasteiger partial charge < -0.3 is 10.2 Å². The summed E-state index contributed by atoms with van der Waals surface area (Å²) in [5.41, 5.74) is -0.106. The Kier molecular flexibility index (Phi) is 2.65. The molecule has 0 spiro atoms. The highest BCUT2D eigenvalue weighted by Crippen LogP contribution is 2.30. The molecule has 90 valence electrons. The van der Waals surface area contributed by atoms with Crippen molar-refractivity contribution in [2.45, 2.75) is 25.4 Å². The van der Waals surface area contributed by atoms with Crippen molar-refractivity contribution in [3.63, 3.8) is 0 Å². The first-order valence-corrected chi connectivity index (χ1v) is 5.62. The Morgan fingerprint density at radius 3 is 2.41 bits per heavy atom. The molecule has 1 aromatic rings. The van der Waals surface area contributed by atoms with Gasteiger partial charge in [0, 0.05) is 7.05 Å². The van der Waals surface area contributed by atoms with Gasteiger partial charge >= 0.3 is 0 Å². The molecule has 2 amide bonds. The second kappa shape index (κ2) is 3.87. The number of rotatable bonds is 1. The molecule has 17 heavy (non-hydrogen) atoms. The van der Waals surface area contributed by atoms with Gasteiger partial charge in [-0.25, -0.2) is 0 Å². The molecule has 2 atom stereocenters. The maximum atomic E-state index is 12.2. The summed E-state index contributed by atoms with van der Waals surface area (Å²) in [5.74, 6) is -0.214. The van der Waals surface area contributed by atoms with Crippen LogP contribution in [-0.4, -0.2) is 29.8 Å². The third kappa shape index (κ3) is 1.60. The lowest BCUT2D eigenvalue weighted by atomic mass is 9.86. The molecule has 1 saturated heterocycles. The van der Waals surface area contributed by atoms with Gasteiger partial charge in [-0.15, -0.1) is 0 Å². The summed E-state index contributed by atoms with van der Waals surface area (Å²) in [4.78, 5) is 25.7. The number of piperazine rings is 1. The normalized spacial score (nSPS) is 29.1. The molecular weight excluding hydrogens is 216 g/mol. The molecule has 0 bridgehead atoms. The Morgan fingerprint density at radius 2 is 1.82 bits per heavy atom. The van der Waals surface area contributed by atoms with E-state index >= 15 is 0 Å². The van der Waals surface area contributed by atoms with Crippen molar-refractivity contribution in [2.24, 2.45) is 0 Å². The molecule has 1 aliphatic heterocycles. The van der Waals surface area contributed by atoms with E-state index in [-0.39, 0.29) is 11.8 Å². The quantitative estimate of drug-likeness (QED) is 0.781. The van der Waals surface area contributed by atoms with E-state index in [1.54, 1.807) is 20.9 Å². The molecule has 4 heteroatoms. The first kappa shape index (κ1) is 11.6. The van der Waals surface area contributed by atoms with Crippen LogP contribution in [0.25, 0.3) is 0 Å². The predicted octanol–water partition coefficient (Wildman–Crippen LogP) is 0.879. The van der Waals surface area contributed by atoms with E-state index in [2.05, 4.69) is 5.32 Å². The van der Waals surface area contributed by atoms with Crippen LogP contribution < -0.4 is 5.32 Å². The largest absolute Gasteiger partial charge is 0.342 e. The Hall–Kier alpha value is -1.84. The Labute approximate surface area is 101 Å². The number of nitrogens with zero attached hydrogens (tertiary/aromatic N) is 1.